The van der Waals surface area contributed by atoms with Gasteiger partial charge in [-0.15, -0.1) is 0 Å². The van der Waals surface area contributed by atoms with Crippen molar-refractivity contribution in [3.05, 3.63) is 11.6 Å². The molecular weight excluding hydrogens is 490 g/mol. The molecule has 0 aromatic heterocycles. The Balaban J connectivity index is 1.50. The van der Waals surface area contributed by atoms with Crippen LogP contribution in [0.3, 0.4) is 0 Å². The van der Waals surface area contributed by atoms with Crippen molar-refractivity contribution in [2.45, 2.75) is 105 Å². The molecule has 0 spiro atoms. The number of hydrogen-bond donors (Lipinski definition) is 1. The van der Waals surface area contributed by atoms with Gasteiger partial charge in [0.25, 0.3) is 0 Å². The number of carbonyl (C=O) groups excluding carboxylic acids is 2. The van der Waals surface area contributed by atoms with Gasteiger partial charge in [0.05, 0.1) is 25.2 Å². The molecule has 0 amide bonds. The number of methoxy groups -OCH3 is 1. The molecule has 0 aromatic rings. The average Bonchev–Trinajstić information content (AvgIpc) is 3.19. The quantitative estimate of drug-likeness (QED) is 0.414. The Morgan fingerprint density at radius 3 is 2.38 bits per heavy atom. The lowest BCUT2D eigenvalue weighted by molar-refractivity contribution is -0.298. The van der Waals surface area contributed by atoms with E-state index in [0.29, 0.717) is 13.0 Å². The van der Waals surface area contributed by atoms with Crippen molar-refractivity contribution in [1.82, 2.24) is 0 Å². The molecule has 1 N–H and O–H groups in total. The first-order valence-corrected chi connectivity index (χ1v) is 15.2. The van der Waals surface area contributed by atoms with Crippen molar-refractivity contribution in [1.29, 1.82) is 5.26 Å². The van der Waals surface area contributed by atoms with Gasteiger partial charge < -0.3 is 14.6 Å². The number of carbonyl (C=O) groups is 2. The first-order valence-electron chi connectivity index (χ1n) is 15.2. The third-order valence-corrected chi connectivity index (χ3v) is 14.1. The van der Waals surface area contributed by atoms with Crippen LogP contribution in [0.4, 0.5) is 0 Å². The summed E-state index contributed by atoms with van der Waals surface area (Å²) in [5, 5.41) is 22.0. The molecule has 1 saturated heterocycles. The zero-order valence-electron chi connectivity index (χ0n) is 25.0. The third kappa shape index (κ3) is 3.05. The normalized spacial score (nSPS) is 53.6. The Hall–Kier alpha value is -1.71. The van der Waals surface area contributed by atoms with Crippen molar-refractivity contribution in [2.75, 3.05) is 13.7 Å². The van der Waals surface area contributed by atoms with E-state index in [0.717, 1.165) is 51.4 Å². The van der Waals surface area contributed by atoms with Gasteiger partial charge in [-0.1, -0.05) is 47.1 Å². The second-order valence-electron chi connectivity index (χ2n) is 15.9. The molecule has 0 unspecified atom stereocenters. The van der Waals surface area contributed by atoms with Gasteiger partial charge in [0.1, 0.15) is 5.92 Å². The molecule has 39 heavy (non-hydrogen) atoms. The molecule has 214 valence electrons. The maximum Gasteiger partial charge on any atom is 0.312 e. The van der Waals surface area contributed by atoms with Crippen molar-refractivity contribution in [3.63, 3.8) is 0 Å². The minimum atomic E-state index is -1.44. The molecule has 1 heterocycles. The van der Waals surface area contributed by atoms with Gasteiger partial charge in [-0.2, -0.15) is 5.26 Å². The summed E-state index contributed by atoms with van der Waals surface area (Å²) in [6.45, 7) is 14.1. The highest BCUT2D eigenvalue weighted by molar-refractivity contribution is 5.96. The van der Waals surface area contributed by atoms with Crippen LogP contribution in [0.25, 0.3) is 0 Å². The number of allylic oxidation sites excluding steroid dienone is 2. The van der Waals surface area contributed by atoms with Gasteiger partial charge in [0.2, 0.25) is 0 Å². The molecule has 6 nitrogen and oxygen atoms in total. The summed E-state index contributed by atoms with van der Waals surface area (Å²) in [5.41, 5.74) is -0.773. The summed E-state index contributed by atoms with van der Waals surface area (Å²) in [6.07, 6.45) is 9.22. The first kappa shape index (κ1) is 27.5. The van der Waals surface area contributed by atoms with E-state index in [1.807, 2.05) is 6.08 Å². The lowest BCUT2D eigenvalue weighted by Gasteiger charge is -2.70. The fourth-order valence-corrected chi connectivity index (χ4v) is 11.7. The van der Waals surface area contributed by atoms with Gasteiger partial charge >= 0.3 is 5.97 Å². The summed E-state index contributed by atoms with van der Waals surface area (Å²) < 4.78 is 11.4. The third-order valence-electron chi connectivity index (χ3n) is 14.1. The number of nitrogens with zero attached hydrogens (tertiary/aromatic N) is 1. The number of ketones is 1. The van der Waals surface area contributed by atoms with Crippen molar-refractivity contribution < 1.29 is 24.2 Å². The van der Waals surface area contributed by atoms with Crippen LogP contribution in [0.15, 0.2) is 11.6 Å². The summed E-state index contributed by atoms with van der Waals surface area (Å²) in [4.78, 5) is 28.0. The molecule has 6 rings (SSSR count). The summed E-state index contributed by atoms with van der Waals surface area (Å²) in [5.74, 6) is -2.20. The Bertz CT molecular complexity index is 1200. The van der Waals surface area contributed by atoms with Gasteiger partial charge in [-0.25, -0.2) is 0 Å². The number of rotatable bonds is 1. The topological polar surface area (TPSA) is 96.6 Å². The van der Waals surface area contributed by atoms with E-state index in [1.54, 1.807) is 0 Å². The minimum Gasteiger partial charge on any atom is -0.469 e. The Kier molecular flexibility index (Phi) is 5.61. The van der Waals surface area contributed by atoms with E-state index < -0.39 is 22.5 Å². The lowest BCUT2D eigenvalue weighted by atomic mass is 9.33. The zero-order chi connectivity index (χ0) is 28.4. The summed E-state index contributed by atoms with van der Waals surface area (Å²) >= 11 is 0. The fraction of sp³-hybridized carbons (Fsp3) is 0.848. The highest BCUT2D eigenvalue weighted by Crippen LogP contribution is 2.77. The van der Waals surface area contributed by atoms with Crippen molar-refractivity contribution in [3.8, 4) is 6.07 Å². The minimum absolute atomic E-state index is 0.0378. The van der Waals surface area contributed by atoms with Gasteiger partial charge in [0, 0.05) is 11.3 Å². The zero-order valence-corrected chi connectivity index (χ0v) is 25.0. The molecule has 10 atom stereocenters. The SMILES string of the molecule is COC(=O)[C@]12CCC(C)(C)C[C@H]1[C@H]1C(=O)C=C3[C@@]4(C)C[C@@H](C#N)[C@@]5(O)OCC[C@@]5(C)[C@@H]4CC[C@@]3(C)[C@]1(C)CC2. The first-order chi connectivity index (χ1) is 18.1. The molecule has 0 radical (unpaired) electrons. The van der Waals surface area contributed by atoms with E-state index in [2.05, 4.69) is 47.6 Å². The molecule has 6 aliphatic rings. The molecule has 1 aliphatic heterocycles. The predicted octanol–water partition coefficient (Wildman–Crippen LogP) is 5.98. The molecule has 6 heteroatoms. The van der Waals surface area contributed by atoms with Crippen LogP contribution in [0, 0.1) is 67.5 Å². The van der Waals surface area contributed by atoms with Crippen LogP contribution < -0.4 is 0 Å². The fourth-order valence-electron chi connectivity index (χ4n) is 11.7. The smallest absolute Gasteiger partial charge is 0.312 e. The molecule has 5 fully saturated rings. The monoisotopic (exact) mass is 537 g/mol. The van der Waals surface area contributed by atoms with E-state index in [9.17, 15) is 20.0 Å². The summed E-state index contributed by atoms with van der Waals surface area (Å²) in [7, 11) is 1.50. The van der Waals surface area contributed by atoms with Crippen molar-refractivity contribution in [2.24, 2.45) is 56.2 Å². The number of hydrogen-bond acceptors (Lipinski definition) is 6. The highest BCUT2D eigenvalue weighted by atomic mass is 16.6. The highest BCUT2D eigenvalue weighted by Gasteiger charge is 2.75. The molecule has 5 aliphatic carbocycles. The van der Waals surface area contributed by atoms with Crippen LogP contribution >= 0.6 is 0 Å². The Labute approximate surface area is 233 Å². The molecule has 0 bridgehead atoms. The van der Waals surface area contributed by atoms with Crippen LogP contribution in [0.5, 0.6) is 0 Å². The van der Waals surface area contributed by atoms with E-state index in [1.165, 1.54) is 12.7 Å². The maximum absolute atomic E-state index is 14.5. The standard InChI is InChI=1S/C33H47NO5/c1-27(2)10-12-32(26(36)38-7)13-11-31(6)25(21(32)18-27)22(35)16-24-28(3)17-20(19-34)33(37)30(5,14-15-39-33)23(28)8-9-29(24,31)4/h16,20-21,23,25,37H,8-15,17-18H2,1-7H3/t20-,21-,23+,25-,28-,29+,30-,31+,32-,33+/m0/s1. The summed E-state index contributed by atoms with van der Waals surface area (Å²) in [6, 6.07) is 2.42. The largest absolute Gasteiger partial charge is 0.469 e. The van der Waals surface area contributed by atoms with Crippen LogP contribution in [0.1, 0.15) is 99.3 Å². The second-order valence-corrected chi connectivity index (χ2v) is 15.9. The predicted molar refractivity (Wildman–Crippen MR) is 146 cm³/mol. The van der Waals surface area contributed by atoms with Crippen LogP contribution in [-0.4, -0.2) is 36.4 Å². The number of fused-ring (bicyclic) bond motifs is 9. The van der Waals surface area contributed by atoms with Crippen LogP contribution in [-0.2, 0) is 19.1 Å². The lowest BCUT2D eigenvalue weighted by Crippen LogP contribution is -2.68. The maximum atomic E-state index is 14.5. The van der Waals surface area contributed by atoms with Crippen molar-refractivity contribution >= 4 is 11.8 Å². The van der Waals surface area contributed by atoms with Gasteiger partial charge in [0.15, 0.2) is 11.6 Å². The van der Waals surface area contributed by atoms with Gasteiger partial charge in [-0.3, -0.25) is 9.59 Å². The molecular formula is C33H47NO5. The Morgan fingerprint density at radius 2 is 1.72 bits per heavy atom. The second kappa shape index (κ2) is 7.97. The number of aliphatic hydroxyl groups is 1. The van der Waals surface area contributed by atoms with E-state index in [4.69, 9.17) is 9.47 Å². The van der Waals surface area contributed by atoms with E-state index in [-0.39, 0.29) is 51.2 Å². The average molecular weight is 538 g/mol. The van der Waals surface area contributed by atoms with Crippen LogP contribution in [0.2, 0.25) is 0 Å². The number of ether oxygens (including phenoxy) is 2. The molecule has 4 saturated carbocycles. The van der Waals surface area contributed by atoms with E-state index >= 15 is 0 Å². The number of esters is 1. The Morgan fingerprint density at radius 1 is 1.03 bits per heavy atom. The molecule has 0 aromatic carbocycles. The van der Waals surface area contributed by atoms with Gasteiger partial charge in [-0.05, 0) is 97.4 Å². The number of nitriles is 1.